The minimum Gasteiger partial charge on any atom is -0.482 e. The highest BCUT2D eigenvalue weighted by Crippen LogP contribution is 2.32. The molecule has 0 spiro atoms. The first-order valence-electron chi connectivity index (χ1n) is 10.0. The zero-order valence-electron chi connectivity index (χ0n) is 17.5. The molecule has 1 amide bonds. The van der Waals surface area contributed by atoms with Gasteiger partial charge in [0.2, 0.25) is 10.0 Å². The zero-order valence-corrected chi connectivity index (χ0v) is 19.8. The van der Waals surface area contributed by atoms with Crippen molar-refractivity contribution in [3.8, 4) is 5.75 Å². The van der Waals surface area contributed by atoms with Gasteiger partial charge in [-0.25, -0.2) is 13.2 Å². The molecule has 0 aromatic heterocycles. The van der Waals surface area contributed by atoms with Crippen LogP contribution < -0.4 is 10.1 Å². The molecule has 0 aliphatic carbocycles. The largest absolute Gasteiger partial charge is 0.482 e. The predicted molar refractivity (Wildman–Crippen MR) is 121 cm³/mol. The SMILES string of the molecule is O=C1COc2ccc(C(=O)COC(=O)c3cc(S(=O)(=O)N4CCOCC4)c(Cl)cc3Cl)cc2N1. The van der Waals surface area contributed by atoms with E-state index < -0.39 is 28.4 Å². The van der Waals surface area contributed by atoms with Crippen LogP contribution in [0.2, 0.25) is 10.0 Å². The van der Waals surface area contributed by atoms with Gasteiger partial charge >= 0.3 is 5.97 Å². The minimum absolute atomic E-state index is 0.122. The molecule has 2 heterocycles. The van der Waals surface area contributed by atoms with E-state index in [4.69, 9.17) is 37.4 Å². The number of esters is 1. The molecular formula is C21H18Cl2N2O8S. The Morgan fingerprint density at radius 2 is 1.82 bits per heavy atom. The molecule has 1 fully saturated rings. The van der Waals surface area contributed by atoms with E-state index in [2.05, 4.69) is 5.32 Å². The topological polar surface area (TPSA) is 128 Å². The summed E-state index contributed by atoms with van der Waals surface area (Å²) in [4.78, 5) is 36.3. The number of halogens is 2. The van der Waals surface area contributed by atoms with Crippen molar-refractivity contribution in [3.05, 3.63) is 51.5 Å². The summed E-state index contributed by atoms with van der Waals surface area (Å²) in [6.07, 6.45) is 0. The zero-order chi connectivity index (χ0) is 24.5. The molecule has 2 aromatic carbocycles. The second-order valence-electron chi connectivity index (χ2n) is 7.33. The normalized spacial score (nSPS) is 16.2. The molecule has 2 aliphatic heterocycles. The third-order valence-corrected chi connectivity index (χ3v) is 7.77. The average molecular weight is 529 g/mol. The fourth-order valence-electron chi connectivity index (χ4n) is 3.36. The standard InChI is InChI=1S/C21H18Cl2N2O8S/c22-14-9-15(23)19(34(29,30)25-3-5-31-6-4-25)8-13(14)21(28)33-10-17(26)12-1-2-18-16(7-12)24-20(27)11-32-18/h1-2,7-9H,3-6,10-11H2,(H,24,27). The Balaban J connectivity index is 1.50. The van der Waals surface area contributed by atoms with E-state index in [1.165, 1.54) is 22.5 Å². The van der Waals surface area contributed by atoms with Gasteiger partial charge in [-0.3, -0.25) is 9.59 Å². The summed E-state index contributed by atoms with van der Waals surface area (Å²) in [7, 11) is -4.01. The molecule has 2 aromatic rings. The number of anilines is 1. The molecule has 10 nitrogen and oxygen atoms in total. The first-order chi connectivity index (χ1) is 16.2. The molecule has 0 radical (unpaired) electrons. The number of ketones is 1. The van der Waals surface area contributed by atoms with Gasteiger partial charge in [0.15, 0.2) is 19.0 Å². The maximum atomic E-state index is 13.0. The van der Waals surface area contributed by atoms with E-state index in [0.717, 1.165) is 12.1 Å². The van der Waals surface area contributed by atoms with Crippen LogP contribution in [0.15, 0.2) is 35.2 Å². The van der Waals surface area contributed by atoms with Crippen LogP contribution >= 0.6 is 23.2 Å². The lowest BCUT2D eigenvalue weighted by atomic mass is 10.1. The number of amides is 1. The Morgan fingerprint density at radius 1 is 1.09 bits per heavy atom. The predicted octanol–water partition coefficient (Wildman–Crippen LogP) is 2.38. The van der Waals surface area contributed by atoms with Gasteiger partial charge in [-0.1, -0.05) is 23.2 Å². The van der Waals surface area contributed by atoms with Crippen molar-refractivity contribution in [2.24, 2.45) is 0 Å². The molecule has 0 saturated carbocycles. The summed E-state index contributed by atoms with van der Waals surface area (Å²) in [5.41, 5.74) is 0.249. The van der Waals surface area contributed by atoms with E-state index in [1.807, 2.05) is 0 Å². The van der Waals surface area contributed by atoms with Crippen molar-refractivity contribution in [3.63, 3.8) is 0 Å². The van der Waals surface area contributed by atoms with E-state index in [-0.39, 0.29) is 64.9 Å². The van der Waals surface area contributed by atoms with Crippen molar-refractivity contribution in [1.82, 2.24) is 4.31 Å². The number of morpholine rings is 1. The smallest absolute Gasteiger partial charge is 0.340 e. The van der Waals surface area contributed by atoms with Gasteiger partial charge < -0.3 is 19.5 Å². The summed E-state index contributed by atoms with van der Waals surface area (Å²) in [6, 6.07) is 6.57. The van der Waals surface area contributed by atoms with Crippen LogP contribution in [-0.2, 0) is 24.3 Å². The second kappa shape index (κ2) is 9.88. The fourth-order valence-corrected chi connectivity index (χ4v) is 5.59. The van der Waals surface area contributed by atoms with E-state index in [1.54, 1.807) is 0 Å². The number of fused-ring (bicyclic) bond motifs is 1. The summed E-state index contributed by atoms with van der Waals surface area (Å²) in [5, 5.41) is 2.31. The number of rotatable bonds is 6. The number of benzene rings is 2. The van der Waals surface area contributed by atoms with E-state index in [0.29, 0.717) is 11.4 Å². The Bertz CT molecular complexity index is 1280. The number of hydrogen-bond acceptors (Lipinski definition) is 8. The van der Waals surface area contributed by atoms with Crippen molar-refractivity contribution in [1.29, 1.82) is 0 Å². The lowest BCUT2D eigenvalue weighted by molar-refractivity contribution is -0.118. The molecule has 0 unspecified atom stereocenters. The molecule has 34 heavy (non-hydrogen) atoms. The molecule has 0 bridgehead atoms. The lowest BCUT2D eigenvalue weighted by Gasteiger charge is -2.26. The van der Waals surface area contributed by atoms with Gasteiger partial charge in [0.25, 0.3) is 5.91 Å². The number of ether oxygens (including phenoxy) is 3. The van der Waals surface area contributed by atoms with Crippen LogP contribution in [0, 0.1) is 0 Å². The quantitative estimate of drug-likeness (QED) is 0.447. The van der Waals surface area contributed by atoms with Crippen LogP contribution in [0.4, 0.5) is 5.69 Å². The van der Waals surface area contributed by atoms with E-state index >= 15 is 0 Å². The Kier molecular flexibility index (Phi) is 7.10. The maximum absolute atomic E-state index is 13.0. The van der Waals surface area contributed by atoms with Crippen LogP contribution in [0.1, 0.15) is 20.7 Å². The number of sulfonamides is 1. The van der Waals surface area contributed by atoms with Crippen LogP contribution in [0.25, 0.3) is 0 Å². The summed E-state index contributed by atoms with van der Waals surface area (Å²) in [6.45, 7) is -0.0104. The van der Waals surface area contributed by atoms with Crippen LogP contribution in [0.5, 0.6) is 5.75 Å². The summed E-state index contributed by atoms with van der Waals surface area (Å²) >= 11 is 12.2. The Hall–Kier alpha value is -2.70. The molecule has 4 rings (SSSR count). The molecule has 2 aliphatic rings. The van der Waals surface area contributed by atoms with Crippen molar-refractivity contribution < 1.29 is 37.0 Å². The monoisotopic (exact) mass is 528 g/mol. The first-order valence-corrected chi connectivity index (χ1v) is 12.2. The maximum Gasteiger partial charge on any atom is 0.340 e. The summed E-state index contributed by atoms with van der Waals surface area (Å²) < 4.78 is 42.7. The van der Waals surface area contributed by atoms with Gasteiger partial charge in [-0.05, 0) is 30.3 Å². The third-order valence-electron chi connectivity index (χ3n) is 5.10. The molecule has 180 valence electrons. The number of carbonyl (C=O) groups excluding carboxylic acids is 3. The number of nitrogens with zero attached hydrogens (tertiary/aromatic N) is 1. The first kappa shape index (κ1) is 24.4. The Labute approximate surface area is 204 Å². The molecule has 1 N–H and O–H groups in total. The minimum atomic E-state index is -4.01. The number of hydrogen-bond donors (Lipinski definition) is 1. The number of nitrogens with one attached hydrogen (secondary N) is 1. The van der Waals surface area contributed by atoms with Gasteiger partial charge in [0, 0.05) is 18.7 Å². The highest BCUT2D eigenvalue weighted by atomic mass is 35.5. The fraction of sp³-hybridized carbons (Fsp3) is 0.286. The number of Topliss-reactive ketones (excluding diaryl/α,β-unsaturated/α-hetero) is 1. The lowest BCUT2D eigenvalue weighted by Crippen LogP contribution is -2.40. The van der Waals surface area contributed by atoms with E-state index in [9.17, 15) is 22.8 Å². The van der Waals surface area contributed by atoms with Gasteiger partial charge in [0.1, 0.15) is 10.6 Å². The van der Waals surface area contributed by atoms with Crippen molar-refractivity contribution >= 4 is 56.6 Å². The third kappa shape index (κ3) is 5.03. The Morgan fingerprint density at radius 3 is 2.56 bits per heavy atom. The molecule has 13 heteroatoms. The number of carbonyl (C=O) groups is 3. The van der Waals surface area contributed by atoms with Gasteiger partial charge in [-0.2, -0.15) is 4.31 Å². The van der Waals surface area contributed by atoms with Crippen LogP contribution in [0.3, 0.4) is 0 Å². The molecular weight excluding hydrogens is 511 g/mol. The summed E-state index contributed by atoms with van der Waals surface area (Å²) in [5.74, 6) is -1.50. The second-order valence-corrected chi connectivity index (χ2v) is 10.0. The van der Waals surface area contributed by atoms with Crippen molar-refractivity contribution in [2.75, 3.05) is 44.8 Å². The van der Waals surface area contributed by atoms with Crippen molar-refractivity contribution in [2.45, 2.75) is 4.90 Å². The molecule has 0 atom stereocenters. The highest BCUT2D eigenvalue weighted by molar-refractivity contribution is 7.89. The highest BCUT2D eigenvalue weighted by Gasteiger charge is 2.30. The van der Waals surface area contributed by atoms with Gasteiger partial charge in [-0.15, -0.1) is 0 Å². The molecule has 1 saturated heterocycles. The van der Waals surface area contributed by atoms with Crippen LogP contribution in [-0.4, -0.2) is 69.9 Å². The average Bonchev–Trinajstić information content (AvgIpc) is 2.82. The van der Waals surface area contributed by atoms with Gasteiger partial charge in [0.05, 0.1) is 34.5 Å².